The first-order valence-corrected chi connectivity index (χ1v) is 7.86. The quantitative estimate of drug-likeness (QED) is 0.884. The number of cyclic esters (lactones) is 1. The van der Waals surface area contributed by atoms with Crippen molar-refractivity contribution >= 4 is 40.3 Å². The highest BCUT2D eigenvalue weighted by Crippen LogP contribution is 2.43. The molecule has 8 heteroatoms. The van der Waals surface area contributed by atoms with Crippen LogP contribution in [0.25, 0.3) is 0 Å². The molecule has 3 heterocycles. The maximum atomic E-state index is 11.9. The van der Waals surface area contributed by atoms with Crippen molar-refractivity contribution in [2.24, 2.45) is 10.7 Å². The number of primary amides is 1. The molecule has 3 aliphatic heterocycles. The molecule has 0 spiro atoms. The van der Waals surface area contributed by atoms with Crippen LogP contribution in [-0.4, -0.2) is 42.9 Å². The lowest BCUT2D eigenvalue weighted by atomic mass is 10.2. The van der Waals surface area contributed by atoms with Crippen LogP contribution in [0.3, 0.4) is 0 Å². The number of ether oxygens (including phenoxy) is 1. The van der Waals surface area contributed by atoms with Gasteiger partial charge >= 0.3 is 6.09 Å². The van der Waals surface area contributed by atoms with Crippen molar-refractivity contribution in [2.75, 3.05) is 29.4 Å². The first-order valence-electron chi connectivity index (χ1n) is 7.05. The van der Waals surface area contributed by atoms with Gasteiger partial charge in [0.25, 0.3) is 5.91 Å². The third kappa shape index (κ3) is 2.02. The molecule has 7 nitrogen and oxygen atoms in total. The number of nitrogens with two attached hydrogens (primary N) is 1. The monoisotopic (exact) mass is 318 g/mol. The third-order valence-electron chi connectivity index (χ3n) is 3.89. The van der Waals surface area contributed by atoms with Gasteiger partial charge in [-0.1, -0.05) is 0 Å². The number of nitrogens with zero attached hydrogens (tertiary/aromatic N) is 3. The summed E-state index contributed by atoms with van der Waals surface area (Å²) in [5.74, 6) is -0.627. The van der Waals surface area contributed by atoms with Gasteiger partial charge in [-0.3, -0.25) is 14.7 Å². The first-order chi connectivity index (χ1) is 10.6. The maximum absolute atomic E-state index is 11.9. The molecule has 0 aliphatic carbocycles. The summed E-state index contributed by atoms with van der Waals surface area (Å²) in [5, 5.41) is 1.01. The molecule has 1 fully saturated rings. The fourth-order valence-electron chi connectivity index (χ4n) is 2.79. The Kier molecular flexibility index (Phi) is 3.00. The summed E-state index contributed by atoms with van der Waals surface area (Å²) in [5.41, 5.74) is 7.03. The number of thioether (sulfide) groups is 1. The van der Waals surface area contributed by atoms with E-state index in [1.807, 2.05) is 18.2 Å². The van der Waals surface area contributed by atoms with Crippen molar-refractivity contribution in [3.05, 3.63) is 18.2 Å². The number of amidine groups is 1. The molecular formula is C14H14N4O3S. The number of aliphatic imine (C=N–C) groups is 1. The molecule has 2 amide bonds. The van der Waals surface area contributed by atoms with Gasteiger partial charge in [0.05, 0.1) is 12.2 Å². The minimum atomic E-state index is -0.885. The van der Waals surface area contributed by atoms with E-state index >= 15 is 0 Å². The fourth-order valence-corrected chi connectivity index (χ4v) is 3.91. The third-order valence-corrected chi connectivity index (χ3v) is 4.97. The fraction of sp³-hybridized carbons (Fsp3) is 0.357. The lowest BCUT2D eigenvalue weighted by Gasteiger charge is -2.22. The van der Waals surface area contributed by atoms with Gasteiger partial charge in [0.1, 0.15) is 0 Å². The zero-order chi connectivity index (χ0) is 15.3. The van der Waals surface area contributed by atoms with Crippen LogP contribution in [0.15, 0.2) is 28.1 Å². The Bertz CT molecular complexity index is 705. The number of benzene rings is 1. The zero-order valence-corrected chi connectivity index (χ0v) is 12.5. The zero-order valence-electron chi connectivity index (χ0n) is 11.7. The highest BCUT2D eigenvalue weighted by atomic mass is 32.2. The van der Waals surface area contributed by atoms with Crippen LogP contribution in [0.5, 0.6) is 0 Å². The van der Waals surface area contributed by atoms with Crippen LogP contribution in [0.1, 0.15) is 6.42 Å². The minimum absolute atomic E-state index is 0.155. The molecule has 2 N–H and O–H groups in total. The smallest absolute Gasteiger partial charge is 0.415 e. The van der Waals surface area contributed by atoms with Gasteiger partial charge in [-0.25, -0.2) is 4.79 Å². The summed E-state index contributed by atoms with van der Waals surface area (Å²) in [6.45, 7) is 1.98. The van der Waals surface area contributed by atoms with Crippen molar-refractivity contribution < 1.29 is 14.3 Å². The summed E-state index contributed by atoms with van der Waals surface area (Å²) in [7, 11) is 0. The Labute approximate surface area is 131 Å². The predicted octanol–water partition coefficient (Wildman–Crippen LogP) is 1.17. The number of anilines is 2. The van der Waals surface area contributed by atoms with E-state index in [4.69, 9.17) is 10.5 Å². The van der Waals surface area contributed by atoms with Gasteiger partial charge in [0.2, 0.25) is 0 Å². The maximum Gasteiger partial charge on any atom is 0.415 e. The Morgan fingerprint density at radius 2 is 2.27 bits per heavy atom. The van der Waals surface area contributed by atoms with E-state index in [0.717, 1.165) is 35.3 Å². The Morgan fingerprint density at radius 1 is 1.41 bits per heavy atom. The standard InChI is InChI=1S/C14H14N4O3S/c15-12(19)10-7-18(14(20)21-10)8-2-3-9-11(6-8)22-13-16-4-1-5-17(9)13/h2-3,6,10H,1,4-5,7H2,(H2,15,19)/t10-/m1/s1. The number of carbonyl (C=O) groups excluding carboxylic acids is 2. The highest BCUT2D eigenvalue weighted by molar-refractivity contribution is 8.14. The van der Waals surface area contributed by atoms with E-state index in [1.54, 1.807) is 11.8 Å². The second kappa shape index (κ2) is 4.91. The minimum Gasteiger partial charge on any atom is -0.434 e. The summed E-state index contributed by atoms with van der Waals surface area (Å²) < 4.78 is 4.98. The van der Waals surface area contributed by atoms with E-state index in [0.29, 0.717) is 5.69 Å². The number of hydrogen-bond acceptors (Lipinski definition) is 6. The van der Waals surface area contributed by atoms with Crippen molar-refractivity contribution in [1.82, 2.24) is 0 Å². The molecule has 1 aromatic carbocycles. The van der Waals surface area contributed by atoms with Gasteiger partial charge < -0.3 is 15.4 Å². The van der Waals surface area contributed by atoms with Crippen LogP contribution in [0, 0.1) is 0 Å². The van der Waals surface area contributed by atoms with E-state index in [9.17, 15) is 9.59 Å². The van der Waals surface area contributed by atoms with E-state index in [2.05, 4.69) is 9.89 Å². The van der Waals surface area contributed by atoms with Crippen molar-refractivity contribution in [3.63, 3.8) is 0 Å². The normalized spacial score (nSPS) is 23.0. The summed E-state index contributed by atoms with van der Waals surface area (Å²) >= 11 is 1.61. The van der Waals surface area contributed by atoms with Crippen molar-refractivity contribution in [3.8, 4) is 0 Å². The van der Waals surface area contributed by atoms with Gasteiger partial charge in [-0.05, 0) is 36.4 Å². The summed E-state index contributed by atoms with van der Waals surface area (Å²) in [6, 6.07) is 5.78. The molecule has 0 saturated carbocycles. The molecule has 22 heavy (non-hydrogen) atoms. The molecule has 0 aromatic heterocycles. The summed E-state index contributed by atoms with van der Waals surface area (Å²) in [4.78, 5) is 32.3. The molecule has 1 saturated heterocycles. The van der Waals surface area contributed by atoms with Gasteiger partial charge in [0.15, 0.2) is 11.3 Å². The SMILES string of the molecule is NC(=O)[C@H]1CN(c2ccc3c(c2)SC2=NCCCN23)C(=O)O1. The van der Waals surface area contributed by atoms with Crippen LogP contribution in [0.2, 0.25) is 0 Å². The van der Waals surface area contributed by atoms with Crippen molar-refractivity contribution in [2.45, 2.75) is 17.4 Å². The number of rotatable bonds is 2. The Morgan fingerprint density at radius 3 is 3.05 bits per heavy atom. The molecule has 0 bridgehead atoms. The first kappa shape index (κ1) is 13.4. The molecule has 3 aliphatic rings. The lowest BCUT2D eigenvalue weighted by molar-refractivity contribution is -0.124. The molecule has 4 rings (SSSR count). The van der Waals surface area contributed by atoms with Crippen LogP contribution in [0.4, 0.5) is 16.2 Å². The second-order valence-corrected chi connectivity index (χ2v) is 6.32. The lowest BCUT2D eigenvalue weighted by Crippen LogP contribution is -2.32. The highest BCUT2D eigenvalue weighted by Gasteiger charge is 2.37. The number of hydrogen-bond donors (Lipinski definition) is 1. The van der Waals surface area contributed by atoms with Crippen molar-refractivity contribution in [1.29, 1.82) is 0 Å². The van der Waals surface area contributed by atoms with E-state index in [1.165, 1.54) is 4.90 Å². The topological polar surface area (TPSA) is 88.2 Å². The van der Waals surface area contributed by atoms with Gasteiger partial charge in [0, 0.05) is 23.7 Å². The molecule has 1 aromatic rings. The van der Waals surface area contributed by atoms with Crippen LogP contribution in [-0.2, 0) is 9.53 Å². The summed E-state index contributed by atoms with van der Waals surface area (Å²) in [6.07, 6.45) is -0.379. The molecular weight excluding hydrogens is 304 g/mol. The number of fused-ring (bicyclic) bond motifs is 3. The molecule has 1 atom stereocenters. The average Bonchev–Trinajstić information content (AvgIpc) is 3.07. The molecule has 0 unspecified atom stereocenters. The van der Waals surface area contributed by atoms with Crippen LogP contribution >= 0.6 is 11.8 Å². The largest absolute Gasteiger partial charge is 0.434 e. The molecule has 0 radical (unpaired) electrons. The molecule has 114 valence electrons. The van der Waals surface area contributed by atoms with Crippen LogP contribution < -0.4 is 15.5 Å². The average molecular weight is 318 g/mol. The Balaban J connectivity index is 1.64. The van der Waals surface area contributed by atoms with E-state index < -0.39 is 18.1 Å². The van der Waals surface area contributed by atoms with Gasteiger partial charge in [-0.2, -0.15) is 0 Å². The number of carbonyl (C=O) groups is 2. The Hall–Kier alpha value is -2.22. The predicted molar refractivity (Wildman–Crippen MR) is 83.4 cm³/mol. The number of amides is 2. The second-order valence-electron chi connectivity index (χ2n) is 5.31. The van der Waals surface area contributed by atoms with E-state index in [-0.39, 0.29) is 6.54 Å². The van der Waals surface area contributed by atoms with Gasteiger partial charge in [-0.15, -0.1) is 0 Å².